The summed E-state index contributed by atoms with van der Waals surface area (Å²) in [6.07, 6.45) is 1.74. The van der Waals surface area contributed by atoms with Gasteiger partial charge in [-0.1, -0.05) is 6.07 Å². The van der Waals surface area contributed by atoms with Crippen molar-refractivity contribution in [1.29, 1.82) is 0 Å². The molecule has 4 heterocycles. The van der Waals surface area contributed by atoms with Crippen molar-refractivity contribution in [2.24, 2.45) is 0 Å². The Labute approximate surface area is 231 Å². The first-order chi connectivity index (χ1) is 18.7. The van der Waals surface area contributed by atoms with Gasteiger partial charge in [0.1, 0.15) is 5.60 Å². The molecular formula is C29H34F3N5O3. The molecule has 8 nitrogen and oxygen atoms in total. The number of nitrogens with zero attached hydrogens (tertiary/aromatic N) is 5. The van der Waals surface area contributed by atoms with Crippen LogP contribution in [0.5, 0.6) is 0 Å². The van der Waals surface area contributed by atoms with Crippen molar-refractivity contribution in [3.8, 4) is 5.82 Å². The molecule has 1 fully saturated rings. The van der Waals surface area contributed by atoms with E-state index in [9.17, 15) is 22.8 Å². The molecule has 0 spiro atoms. The molecule has 1 unspecified atom stereocenters. The van der Waals surface area contributed by atoms with E-state index in [0.29, 0.717) is 24.3 Å². The van der Waals surface area contributed by atoms with Gasteiger partial charge in [0.2, 0.25) is 0 Å². The van der Waals surface area contributed by atoms with E-state index in [2.05, 4.69) is 10.1 Å². The smallest absolute Gasteiger partial charge is 0.417 e. The molecule has 40 heavy (non-hydrogen) atoms. The maximum atomic E-state index is 13.1. The zero-order valence-corrected chi connectivity index (χ0v) is 23.4. The number of hydrogen-bond acceptors (Lipinski definition) is 6. The lowest BCUT2D eigenvalue weighted by Crippen LogP contribution is -2.37. The summed E-state index contributed by atoms with van der Waals surface area (Å²) in [7, 11) is 0. The van der Waals surface area contributed by atoms with Crippen LogP contribution in [0.25, 0.3) is 5.82 Å². The highest BCUT2D eigenvalue weighted by Gasteiger charge is 2.31. The van der Waals surface area contributed by atoms with Gasteiger partial charge in [-0.15, -0.1) is 0 Å². The van der Waals surface area contributed by atoms with Gasteiger partial charge < -0.3 is 9.64 Å². The fourth-order valence-electron chi connectivity index (χ4n) is 4.92. The number of carbonyl (C=O) groups is 2. The Bertz CT molecular complexity index is 1380. The minimum Gasteiger partial charge on any atom is -0.444 e. The second-order valence-corrected chi connectivity index (χ2v) is 11.2. The second kappa shape index (κ2) is 11.4. The van der Waals surface area contributed by atoms with Crippen molar-refractivity contribution in [3.05, 3.63) is 70.4 Å². The van der Waals surface area contributed by atoms with Crippen molar-refractivity contribution < 1.29 is 27.5 Å². The van der Waals surface area contributed by atoms with Gasteiger partial charge in [0.25, 0.3) is 0 Å². The highest BCUT2D eigenvalue weighted by Crippen LogP contribution is 2.31. The highest BCUT2D eigenvalue weighted by molar-refractivity contribution is 5.98. The van der Waals surface area contributed by atoms with E-state index in [1.807, 2.05) is 33.8 Å². The fraction of sp³-hybridized carbons (Fsp3) is 0.483. The molecule has 214 valence electrons. The maximum absolute atomic E-state index is 13.1. The normalized spacial score (nSPS) is 16.5. The number of aryl methyl sites for hydroxylation is 1. The van der Waals surface area contributed by atoms with E-state index >= 15 is 0 Å². The molecule has 0 N–H and O–H groups in total. The van der Waals surface area contributed by atoms with Gasteiger partial charge in [0.15, 0.2) is 11.6 Å². The molecule has 1 saturated heterocycles. The van der Waals surface area contributed by atoms with Crippen molar-refractivity contribution in [2.45, 2.75) is 78.0 Å². The van der Waals surface area contributed by atoms with Crippen molar-refractivity contribution >= 4 is 11.9 Å². The molecule has 1 amide bonds. The van der Waals surface area contributed by atoms with E-state index in [-0.39, 0.29) is 30.0 Å². The van der Waals surface area contributed by atoms with E-state index in [1.165, 1.54) is 16.9 Å². The Morgan fingerprint density at radius 1 is 1.02 bits per heavy atom. The minimum atomic E-state index is -4.48. The Morgan fingerprint density at radius 2 is 1.77 bits per heavy atom. The van der Waals surface area contributed by atoms with Crippen LogP contribution in [0, 0.1) is 13.8 Å². The van der Waals surface area contributed by atoms with Crippen LogP contribution in [-0.4, -0.2) is 55.2 Å². The summed E-state index contributed by atoms with van der Waals surface area (Å²) in [5, 5.41) is 4.18. The molecule has 3 aromatic rings. The van der Waals surface area contributed by atoms with Gasteiger partial charge in [-0.2, -0.15) is 18.3 Å². The quantitative estimate of drug-likeness (QED) is 0.346. The minimum absolute atomic E-state index is 0.109. The number of likely N-dealkylation sites (tertiary alicyclic amines) is 1. The molecule has 1 aliphatic rings. The number of halogens is 3. The lowest BCUT2D eigenvalue weighted by Gasteiger charge is -2.26. The standard InChI is InChI=1S/C29H34F3N5O3/c1-18-13-20(15-34-26(18)21-7-6-11-36(12-10-21)27(39)40-28(3,4)5)14-24(38)23-17-35-37(19(23)2)25-9-8-22(16-33-25)29(30,31)32/h8-9,13,15-17,21H,6-7,10-12,14H2,1-5H3. The van der Waals surface area contributed by atoms with Crippen LogP contribution in [0.3, 0.4) is 0 Å². The molecule has 4 rings (SSSR count). The van der Waals surface area contributed by atoms with Crippen LogP contribution in [0.15, 0.2) is 36.8 Å². The average molecular weight is 558 g/mol. The molecule has 0 bridgehead atoms. The number of amides is 1. The van der Waals surface area contributed by atoms with Crippen LogP contribution in [0.4, 0.5) is 18.0 Å². The summed E-state index contributed by atoms with van der Waals surface area (Å²) in [4.78, 5) is 35.9. The lowest BCUT2D eigenvalue weighted by atomic mass is 9.92. The molecule has 0 saturated carbocycles. The van der Waals surface area contributed by atoms with Gasteiger partial charge in [-0.25, -0.2) is 14.5 Å². The van der Waals surface area contributed by atoms with Gasteiger partial charge in [0.05, 0.1) is 23.0 Å². The molecule has 3 aromatic heterocycles. The second-order valence-electron chi connectivity index (χ2n) is 11.2. The SMILES string of the molecule is Cc1cc(CC(=O)c2cnn(-c3ccc(C(F)(F)F)cn3)c2C)cnc1C1CCCN(C(=O)OC(C)(C)C)CC1. The largest absolute Gasteiger partial charge is 0.444 e. The zero-order chi connectivity index (χ0) is 29.2. The monoisotopic (exact) mass is 557 g/mol. The fourth-order valence-corrected chi connectivity index (χ4v) is 4.92. The maximum Gasteiger partial charge on any atom is 0.417 e. The number of rotatable bonds is 5. The highest BCUT2D eigenvalue weighted by atomic mass is 19.4. The van der Waals surface area contributed by atoms with Crippen LogP contribution in [-0.2, 0) is 17.3 Å². The molecule has 0 aromatic carbocycles. The number of carbonyl (C=O) groups excluding carboxylic acids is 2. The summed E-state index contributed by atoms with van der Waals surface area (Å²) < 4.78 is 45.5. The molecule has 0 radical (unpaired) electrons. The number of ether oxygens (including phenoxy) is 1. The first-order valence-corrected chi connectivity index (χ1v) is 13.3. The predicted molar refractivity (Wildman–Crippen MR) is 143 cm³/mol. The van der Waals surface area contributed by atoms with Crippen molar-refractivity contribution in [2.75, 3.05) is 13.1 Å². The Kier molecular flexibility index (Phi) is 8.32. The lowest BCUT2D eigenvalue weighted by molar-refractivity contribution is -0.137. The Hall–Kier alpha value is -3.76. The number of ketones is 1. The van der Waals surface area contributed by atoms with Gasteiger partial charge in [-0.3, -0.25) is 9.78 Å². The van der Waals surface area contributed by atoms with Gasteiger partial charge in [-0.05, 0) is 77.1 Å². The summed E-state index contributed by atoms with van der Waals surface area (Å²) in [6.45, 7) is 10.5. The molecule has 1 aliphatic heterocycles. The Morgan fingerprint density at radius 3 is 2.40 bits per heavy atom. The number of alkyl halides is 3. The zero-order valence-electron chi connectivity index (χ0n) is 23.4. The number of hydrogen-bond donors (Lipinski definition) is 0. The third kappa shape index (κ3) is 6.86. The molecular weight excluding hydrogens is 523 g/mol. The molecule has 1 atom stereocenters. The first kappa shape index (κ1) is 29.2. The van der Waals surface area contributed by atoms with Crippen LogP contribution in [0.1, 0.15) is 84.4 Å². The van der Waals surface area contributed by atoms with Crippen LogP contribution >= 0.6 is 0 Å². The third-order valence-electron chi connectivity index (χ3n) is 6.91. The van der Waals surface area contributed by atoms with Crippen LogP contribution in [0.2, 0.25) is 0 Å². The predicted octanol–water partition coefficient (Wildman–Crippen LogP) is 6.23. The van der Waals surface area contributed by atoms with Gasteiger partial charge in [0, 0.05) is 43.5 Å². The molecule has 0 aliphatic carbocycles. The average Bonchev–Trinajstić information content (AvgIpc) is 3.08. The summed E-state index contributed by atoms with van der Waals surface area (Å²) >= 11 is 0. The van der Waals surface area contributed by atoms with Gasteiger partial charge >= 0.3 is 12.3 Å². The third-order valence-corrected chi connectivity index (χ3v) is 6.91. The Balaban J connectivity index is 1.42. The van der Waals surface area contributed by atoms with Crippen molar-refractivity contribution in [1.82, 2.24) is 24.6 Å². The van der Waals surface area contributed by atoms with Crippen LogP contribution < -0.4 is 0 Å². The van der Waals surface area contributed by atoms with Crippen molar-refractivity contribution in [3.63, 3.8) is 0 Å². The molecule has 11 heteroatoms. The summed E-state index contributed by atoms with van der Waals surface area (Å²) in [5.74, 6) is 0.223. The number of pyridine rings is 2. The number of aromatic nitrogens is 4. The number of Topliss-reactive ketones (excluding diaryl/α,β-unsaturated/α-hetero) is 1. The van der Waals surface area contributed by atoms with E-state index in [1.54, 1.807) is 18.0 Å². The van der Waals surface area contributed by atoms with E-state index in [0.717, 1.165) is 48.3 Å². The van der Waals surface area contributed by atoms with E-state index < -0.39 is 17.3 Å². The summed E-state index contributed by atoms with van der Waals surface area (Å²) in [6, 6.07) is 4.13. The summed E-state index contributed by atoms with van der Waals surface area (Å²) in [5.41, 5.74) is 2.19. The topological polar surface area (TPSA) is 90.2 Å². The first-order valence-electron chi connectivity index (χ1n) is 13.3. The van der Waals surface area contributed by atoms with E-state index in [4.69, 9.17) is 9.72 Å².